The first-order valence-electron chi connectivity index (χ1n) is 9.77. The molecule has 1 aliphatic heterocycles. The average Bonchev–Trinajstić information content (AvgIpc) is 3.09. The fraction of sp³-hybridized carbons (Fsp3) is 0.667. The van der Waals surface area contributed by atoms with E-state index in [1.165, 1.54) is 18.2 Å². The Kier molecular flexibility index (Phi) is 4.54. The number of carbonyl (C=O) groups excluding carboxylic acids is 1. The number of nitrogens with one attached hydrogen (secondary N) is 1. The van der Waals surface area contributed by atoms with Crippen LogP contribution in [0, 0.1) is 34.3 Å². The molecule has 1 saturated heterocycles. The second-order valence-corrected chi connectivity index (χ2v) is 8.95. The summed E-state index contributed by atoms with van der Waals surface area (Å²) in [6.45, 7) is 4.57. The van der Waals surface area contributed by atoms with Gasteiger partial charge in [-0.25, -0.2) is 8.78 Å². The molecule has 2 aliphatic carbocycles. The van der Waals surface area contributed by atoms with Crippen LogP contribution in [0.15, 0.2) is 18.2 Å². The van der Waals surface area contributed by atoms with Gasteiger partial charge >= 0.3 is 0 Å². The third kappa shape index (κ3) is 2.71. The van der Waals surface area contributed by atoms with Crippen molar-refractivity contribution in [1.29, 1.82) is 0 Å². The molecule has 2 bridgehead atoms. The van der Waals surface area contributed by atoms with Gasteiger partial charge in [-0.3, -0.25) is 4.79 Å². The molecule has 1 amide bonds. The largest absolute Gasteiger partial charge is 0.396 e. The average molecular weight is 379 g/mol. The van der Waals surface area contributed by atoms with E-state index in [2.05, 4.69) is 19.2 Å². The maximum absolute atomic E-state index is 14.5. The molecule has 3 fully saturated rings. The molecule has 4 nitrogen and oxygen atoms in total. The Morgan fingerprint density at radius 3 is 2.70 bits per heavy atom. The number of hydrogen-bond acceptors (Lipinski definition) is 3. The summed E-state index contributed by atoms with van der Waals surface area (Å²) in [5.74, 6) is -0.979. The summed E-state index contributed by atoms with van der Waals surface area (Å²) in [6, 6.07) is 3.84. The van der Waals surface area contributed by atoms with Crippen LogP contribution in [0.4, 0.5) is 8.78 Å². The zero-order chi connectivity index (χ0) is 19.4. The second kappa shape index (κ2) is 6.52. The van der Waals surface area contributed by atoms with Crippen molar-refractivity contribution in [3.05, 3.63) is 35.4 Å². The number of amides is 1. The van der Waals surface area contributed by atoms with Crippen molar-refractivity contribution in [1.82, 2.24) is 5.32 Å². The molecule has 1 heterocycles. The molecule has 148 valence electrons. The number of aliphatic hydroxyl groups excluding tert-OH is 1. The minimum absolute atomic E-state index is 0.0207. The Labute approximate surface area is 158 Å². The summed E-state index contributed by atoms with van der Waals surface area (Å²) in [7, 11) is 0. The Bertz CT molecular complexity index is 733. The summed E-state index contributed by atoms with van der Waals surface area (Å²) < 4.78 is 34.9. The van der Waals surface area contributed by atoms with Crippen molar-refractivity contribution in [2.75, 3.05) is 13.2 Å². The van der Waals surface area contributed by atoms with Crippen molar-refractivity contribution in [2.45, 2.75) is 51.7 Å². The van der Waals surface area contributed by atoms with E-state index in [-0.39, 0.29) is 47.3 Å². The molecule has 1 aromatic rings. The number of aliphatic hydroxyl groups is 1. The summed E-state index contributed by atoms with van der Waals surface area (Å²) in [4.78, 5) is 12.3. The fourth-order valence-corrected chi connectivity index (χ4v) is 6.19. The third-order valence-electron chi connectivity index (χ3n) is 7.43. The highest BCUT2D eigenvalue weighted by Crippen LogP contribution is 2.70. The van der Waals surface area contributed by atoms with Gasteiger partial charge in [-0.2, -0.15) is 0 Å². The molecule has 3 aliphatic rings. The lowest BCUT2D eigenvalue weighted by molar-refractivity contribution is -0.138. The molecule has 6 heteroatoms. The SMILES string of the molecule is CC1(C)[C@@H]2C[C@@H]3[C@@H](c4c(F)cccc4F)OCC[C@]3(C2)[C@H]1NC(=O)CCO. The van der Waals surface area contributed by atoms with Crippen LogP contribution < -0.4 is 5.32 Å². The lowest BCUT2D eigenvalue weighted by Gasteiger charge is -2.53. The number of halogens is 2. The number of ether oxygens (including phenoxy) is 1. The standard InChI is InChI=1S/C21H27F2NO3/c1-20(2)12-10-13-18(17-14(22)4-3-5-15(17)23)27-9-7-21(13,11-12)19(20)24-16(26)6-8-25/h3-5,12-13,18-19,25H,6-11H2,1-2H3,(H,24,26)/t12-,13-,18+,19+,21-/m1/s1. The smallest absolute Gasteiger partial charge is 0.222 e. The van der Waals surface area contributed by atoms with Gasteiger partial charge in [-0.1, -0.05) is 19.9 Å². The lowest BCUT2D eigenvalue weighted by Crippen LogP contribution is -2.59. The monoisotopic (exact) mass is 379 g/mol. The zero-order valence-electron chi connectivity index (χ0n) is 15.8. The number of fused-ring (bicyclic) bond motifs is 1. The Morgan fingerprint density at radius 1 is 1.33 bits per heavy atom. The van der Waals surface area contributed by atoms with E-state index in [0.29, 0.717) is 12.5 Å². The molecule has 1 aromatic carbocycles. The van der Waals surface area contributed by atoms with E-state index in [9.17, 15) is 13.6 Å². The van der Waals surface area contributed by atoms with Crippen molar-refractivity contribution < 1.29 is 23.4 Å². The molecule has 5 atom stereocenters. The van der Waals surface area contributed by atoms with Crippen molar-refractivity contribution in [3.63, 3.8) is 0 Å². The van der Waals surface area contributed by atoms with Crippen LogP contribution in [0.25, 0.3) is 0 Å². The molecule has 0 radical (unpaired) electrons. The number of carbonyl (C=O) groups is 1. The van der Waals surface area contributed by atoms with E-state index in [1.807, 2.05) is 0 Å². The van der Waals surface area contributed by atoms with Crippen molar-refractivity contribution in [2.24, 2.45) is 22.7 Å². The molecule has 2 N–H and O–H groups in total. The van der Waals surface area contributed by atoms with E-state index in [0.717, 1.165) is 19.3 Å². The molecule has 4 rings (SSSR count). The Balaban J connectivity index is 1.71. The molecule has 0 unspecified atom stereocenters. The van der Waals surface area contributed by atoms with Gasteiger partial charge in [-0.05, 0) is 54.1 Å². The highest BCUT2D eigenvalue weighted by molar-refractivity contribution is 5.76. The van der Waals surface area contributed by atoms with Gasteiger partial charge in [0.1, 0.15) is 11.6 Å². The quantitative estimate of drug-likeness (QED) is 0.844. The first kappa shape index (κ1) is 18.8. The maximum Gasteiger partial charge on any atom is 0.222 e. The lowest BCUT2D eigenvalue weighted by atomic mass is 9.58. The summed E-state index contributed by atoms with van der Waals surface area (Å²) in [6.07, 6.45) is 2.00. The molecule has 2 saturated carbocycles. The van der Waals surface area contributed by atoms with Crippen LogP contribution in [0.2, 0.25) is 0 Å². The Morgan fingerprint density at radius 2 is 2.04 bits per heavy atom. The van der Waals surface area contributed by atoms with E-state index >= 15 is 0 Å². The van der Waals surface area contributed by atoms with E-state index < -0.39 is 17.7 Å². The molecule has 0 aromatic heterocycles. The van der Waals surface area contributed by atoms with Crippen LogP contribution in [0.3, 0.4) is 0 Å². The second-order valence-electron chi connectivity index (χ2n) is 8.95. The van der Waals surface area contributed by atoms with Gasteiger partial charge in [0.2, 0.25) is 5.91 Å². The van der Waals surface area contributed by atoms with Gasteiger partial charge in [0.15, 0.2) is 0 Å². The van der Waals surface area contributed by atoms with Crippen molar-refractivity contribution in [3.8, 4) is 0 Å². The van der Waals surface area contributed by atoms with Crippen molar-refractivity contribution >= 4 is 5.91 Å². The molecule has 27 heavy (non-hydrogen) atoms. The normalized spacial score (nSPS) is 36.5. The van der Waals surface area contributed by atoms with Gasteiger partial charge in [0.25, 0.3) is 0 Å². The number of rotatable bonds is 4. The van der Waals surface area contributed by atoms with Crippen LogP contribution in [-0.2, 0) is 9.53 Å². The molecular weight excluding hydrogens is 352 g/mol. The minimum atomic E-state index is -0.627. The maximum atomic E-state index is 14.5. The highest BCUT2D eigenvalue weighted by Gasteiger charge is 2.68. The van der Waals surface area contributed by atoms with Gasteiger partial charge in [0.05, 0.1) is 18.3 Å². The van der Waals surface area contributed by atoms with Gasteiger partial charge < -0.3 is 15.2 Å². The van der Waals surface area contributed by atoms with Gasteiger partial charge in [0, 0.05) is 19.1 Å². The summed E-state index contributed by atoms with van der Waals surface area (Å²) in [5, 5.41) is 12.2. The topological polar surface area (TPSA) is 58.6 Å². The number of hydrogen-bond donors (Lipinski definition) is 2. The summed E-state index contributed by atoms with van der Waals surface area (Å²) in [5.41, 5.74) is -0.304. The Hall–Kier alpha value is -1.53. The van der Waals surface area contributed by atoms with E-state index in [4.69, 9.17) is 9.84 Å². The molecule has 1 spiro atoms. The van der Waals surface area contributed by atoms with Crippen LogP contribution in [0.5, 0.6) is 0 Å². The highest BCUT2D eigenvalue weighted by atomic mass is 19.1. The fourth-order valence-electron chi connectivity index (χ4n) is 6.19. The van der Waals surface area contributed by atoms with Crippen LogP contribution in [0.1, 0.15) is 51.2 Å². The predicted octanol–water partition coefficient (Wildman–Crippen LogP) is 3.35. The minimum Gasteiger partial charge on any atom is -0.396 e. The van der Waals surface area contributed by atoms with Gasteiger partial charge in [-0.15, -0.1) is 0 Å². The third-order valence-corrected chi connectivity index (χ3v) is 7.43. The molecular formula is C21H27F2NO3. The predicted molar refractivity (Wildman–Crippen MR) is 95.7 cm³/mol. The van der Waals surface area contributed by atoms with Crippen LogP contribution >= 0.6 is 0 Å². The van der Waals surface area contributed by atoms with Crippen LogP contribution in [-0.4, -0.2) is 30.3 Å². The summed E-state index contributed by atoms with van der Waals surface area (Å²) >= 11 is 0. The number of benzene rings is 1. The van der Waals surface area contributed by atoms with E-state index in [1.54, 1.807) is 0 Å². The first-order chi connectivity index (χ1) is 12.8. The first-order valence-corrected chi connectivity index (χ1v) is 9.77. The zero-order valence-corrected chi connectivity index (χ0v) is 15.8.